The number of sulfonamides is 1. The van der Waals surface area contributed by atoms with E-state index in [9.17, 15) is 8.42 Å². The van der Waals surface area contributed by atoms with Crippen molar-refractivity contribution in [3.63, 3.8) is 0 Å². The molecule has 70 valence electrons. The van der Waals surface area contributed by atoms with Crippen LogP contribution in [0.15, 0.2) is 48.0 Å². The summed E-state index contributed by atoms with van der Waals surface area (Å²) in [6.45, 7) is 3.27. The second kappa shape index (κ2) is 3.59. The molecule has 0 spiro atoms. The van der Waals surface area contributed by atoms with E-state index < -0.39 is 10.0 Å². The van der Waals surface area contributed by atoms with E-state index in [2.05, 4.69) is 6.58 Å². The van der Waals surface area contributed by atoms with Crippen LogP contribution < -0.4 is 5.84 Å². The molecule has 1 rings (SSSR count). The van der Waals surface area contributed by atoms with Crippen molar-refractivity contribution < 1.29 is 8.42 Å². The summed E-state index contributed by atoms with van der Waals surface area (Å²) in [7, 11) is -3.60. The molecule has 0 atom stereocenters. The quantitative estimate of drug-likeness (QED) is 0.574. The Morgan fingerprint density at radius 1 is 1.31 bits per heavy atom. The molecule has 0 bridgehead atoms. The van der Waals surface area contributed by atoms with Crippen molar-refractivity contribution >= 4 is 10.0 Å². The van der Waals surface area contributed by atoms with Crippen LogP contribution in [0.1, 0.15) is 0 Å². The van der Waals surface area contributed by atoms with E-state index in [4.69, 9.17) is 5.84 Å². The minimum atomic E-state index is -3.60. The van der Waals surface area contributed by atoms with E-state index in [-0.39, 0.29) is 4.90 Å². The maximum Gasteiger partial charge on any atom is 0.276 e. The van der Waals surface area contributed by atoms with Crippen molar-refractivity contribution in [1.82, 2.24) is 4.41 Å². The summed E-state index contributed by atoms with van der Waals surface area (Å²) < 4.78 is 23.6. The van der Waals surface area contributed by atoms with Gasteiger partial charge in [-0.15, -0.1) is 0 Å². The average Bonchev–Trinajstić information content (AvgIpc) is 2.18. The normalized spacial score (nSPS) is 10.8. The first-order valence-electron chi connectivity index (χ1n) is 3.56. The van der Waals surface area contributed by atoms with Gasteiger partial charge in [0.05, 0.1) is 4.90 Å². The Labute approximate surface area is 77.3 Å². The molecule has 0 aliphatic rings. The van der Waals surface area contributed by atoms with E-state index in [1.54, 1.807) is 18.2 Å². The van der Waals surface area contributed by atoms with Crippen molar-refractivity contribution in [2.45, 2.75) is 4.90 Å². The minimum absolute atomic E-state index is 0.150. The lowest BCUT2D eigenvalue weighted by Crippen LogP contribution is -2.31. The SMILES string of the molecule is C=CN(N)S(=O)(=O)c1ccccc1. The molecule has 0 fully saturated rings. The number of nitrogens with zero attached hydrogens (tertiary/aromatic N) is 1. The molecule has 1 aromatic carbocycles. The molecule has 2 N–H and O–H groups in total. The van der Waals surface area contributed by atoms with Gasteiger partial charge in [-0.2, -0.15) is 8.42 Å². The highest BCUT2D eigenvalue weighted by Gasteiger charge is 2.16. The van der Waals surface area contributed by atoms with Crippen LogP contribution in [0.2, 0.25) is 0 Å². The summed E-state index contributed by atoms with van der Waals surface area (Å²) in [5.74, 6) is 5.21. The predicted octanol–water partition coefficient (Wildman–Crippen LogP) is 0.695. The third-order valence-electron chi connectivity index (χ3n) is 1.50. The third kappa shape index (κ3) is 1.88. The largest absolute Gasteiger partial charge is 0.276 e. The van der Waals surface area contributed by atoms with Crippen molar-refractivity contribution in [1.29, 1.82) is 0 Å². The fraction of sp³-hybridized carbons (Fsp3) is 0. The average molecular weight is 198 g/mol. The van der Waals surface area contributed by atoms with Gasteiger partial charge < -0.3 is 0 Å². The second-order valence-corrected chi connectivity index (χ2v) is 4.17. The Kier molecular flexibility index (Phi) is 2.69. The Morgan fingerprint density at radius 3 is 2.31 bits per heavy atom. The zero-order chi connectivity index (χ0) is 9.90. The van der Waals surface area contributed by atoms with Crippen molar-refractivity contribution in [2.24, 2.45) is 5.84 Å². The van der Waals surface area contributed by atoms with Gasteiger partial charge in [-0.05, 0) is 12.1 Å². The van der Waals surface area contributed by atoms with Gasteiger partial charge in [-0.1, -0.05) is 24.8 Å². The lowest BCUT2D eigenvalue weighted by Gasteiger charge is -2.12. The molecule has 0 aliphatic heterocycles. The van der Waals surface area contributed by atoms with Gasteiger partial charge in [0, 0.05) is 6.20 Å². The maximum absolute atomic E-state index is 11.5. The fourth-order valence-corrected chi connectivity index (χ4v) is 1.75. The molecule has 5 heteroatoms. The Bertz CT molecular complexity index is 386. The lowest BCUT2D eigenvalue weighted by molar-refractivity contribution is 0.513. The maximum atomic E-state index is 11.5. The molecule has 0 aliphatic carbocycles. The first kappa shape index (κ1) is 9.76. The molecule has 0 saturated carbocycles. The number of rotatable bonds is 3. The molecule has 0 unspecified atom stereocenters. The Morgan fingerprint density at radius 2 is 1.85 bits per heavy atom. The summed E-state index contributed by atoms with van der Waals surface area (Å²) in [6, 6.07) is 7.93. The zero-order valence-electron chi connectivity index (χ0n) is 6.92. The Balaban J connectivity index is 3.16. The van der Waals surface area contributed by atoms with E-state index in [1.165, 1.54) is 12.1 Å². The second-order valence-electron chi connectivity index (χ2n) is 2.33. The first-order chi connectivity index (χ1) is 6.09. The number of benzene rings is 1. The predicted molar refractivity (Wildman–Crippen MR) is 49.9 cm³/mol. The van der Waals surface area contributed by atoms with E-state index >= 15 is 0 Å². The summed E-state index contributed by atoms with van der Waals surface area (Å²) in [5, 5.41) is 0. The van der Waals surface area contributed by atoms with Crippen LogP contribution in [-0.4, -0.2) is 12.8 Å². The van der Waals surface area contributed by atoms with Gasteiger partial charge in [0.25, 0.3) is 10.0 Å². The van der Waals surface area contributed by atoms with Gasteiger partial charge in [0.1, 0.15) is 0 Å². The molecule has 0 radical (unpaired) electrons. The number of hydrogen-bond donors (Lipinski definition) is 1. The van der Waals surface area contributed by atoms with Crippen LogP contribution in [0, 0.1) is 0 Å². The van der Waals surface area contributed by atoms with Crippen LogP contribution in [0.4, 0.5) is 0 Å². The minimum Gasteiger partial charge on any atom is -0.234 e. The van der Waals surface area contributed by atoms with Crippen molar-refractivity contribution in [2.75, 3.05) is 0 Å². The van der Waals surface area contributed by atoms with E-state index in [0.29, 0.717) is 4.41 Å². The summed E-state index contributed by atoms with van der Waals surface area (Å²) in [6.07, 6.45) is 1.04. The molecule has 13 heavy (non-hydrogen) atoms. The van der Waals surface area contributed by atoms with Gasteiger partial charge in [0.15, 0.2) is 0 Å². The number of hydrogen-bond acceptors (Lipinski definition) is 3. The highest BCUT2D eigenvalue weighted by atomic mass is 32.2. The zero-order valence-corrected chi connectivity index (χ0v) is 7.74. The molecule has 0 heterocycles. The topological polar surface area (TPSA) is 63.4 Å². The van der Waals surface area contributed by atoms with E-state index in [1.807, 2.05) is 0 Å². The van der Waals surface area contributed by atoms with Gasteiger partial charge in [0.2, 0.25) is 0 Å². The van der Waals surface area contributed by atoms with Gasteiger partial charge in [-0.25, -0.2) is 10.3 Å². The van der Waals surface area contributed by atoms with Crippen LogP contribution in [0.25, 0.3) is 0 Å². The number of hydrazine groups is 1. The Hall–Kier alpha value is -1.33. The first-order valence-corrected chi connectivity index (χ1v) is 5.00. The number of nitrogens with two attached hydrogens (primary N) is 1. The summed E-state index contributed by atoms with van der Waals surface area (Å²) >= 11 is 0. The molecule has 4 nitrogen and oxygen atoms in total. The standard InChI is InChI=1S/C8H10N2O2S/c1-2-10(9)13(11,12)8-6-4-3-5-7-8/h2-7H,1,9H2. The van der Waals surface area contributed by atoms with Crippen molar-refractivity contribution in [3.05, 3.63) is 43.1 Å². The molecule has 1 aromatic rings. The van der Waals surface area contributed by atoms with E-state index in [0.717, 1.165) is 6.20 Å². The monoisotopic (exact) mass is 198 g/mol. The molecular formula is C8H10N2O2S. The van der Waals surface area contributed by atoms with Crippen LogP contribution >= 0.6 is 0 Å². The smallest absolute Gasteiger partial charge is 0.234 e. The third-order valence-corrected chi connectivity index (χ3v) is 3.07. The van der Waals surface area contributed by atoms with Crippen LogP contribution in [-0.2, 0) is 10.0 Å². The van der Waals surface area contributed by atoms with Gasteiger partial charge >= 0.3 is 0 Å². The highest BCUT2D eigenvalue weighted by Crippen LogP contribution is 2.11. The van der Waals surface area contributed by atoms with Crippen LogP contribution in [0.5, 0.6) is 0 Å². The summed E-state index contributed by atoms with van der Waals surface area (Å²) in [5.41, 5.74) is 0. The molecule has 0 aromatic heterocycles. The lowest BCUT2D eigenvalue weighted by atomic mass is 10.4. The van der Waals surface area contributed by atoms with Crippen LogP contribution in [0.3, 0.4) is 0 Å². The molecule has 0 saturated heterocycles. The highest BCUT2D eigenvalue weighted by molar-refractivity contribution is 7.89. The van der Waals surface area contributed by atoms with Crippen molar-refractivity contribution in [3.8, 4) is 0 Å². The van der Waals surface area contributed by atoms with Gasteiger partial charge in [-0.3, -0.25) is 0 Å². The summed E-state index contributed by atoms with van der Waals surface area (Å²) in [4.78, 5) is 0.150. The molecular weight excluding hydrogens is 188 g/mol. The molecule has 0 amide bonds. The fourth-order valence-electron chi connectivity index (χ4n) is 0.812.